The minimum atomic E-state index is 0.570. The van der Waals surface area contributed by atoms with Crippen LogP contribution >= 0.6 is 0 Å². The smallest absolute Gasteiger partial charge is 0.0965 e. The van der Waals surface area contributed by atoms with Gasteiger partial charge in [-0.2, -0.15) is 0 Å². The molecule has 3 heteroatoms. The Labute approximate surface area is 201 Å². The minimum Gasteiger partial charge on any atom is -0.387 e. The molecule has 0 heterocycles. The lowest BCUT2D eigenvalue weighted by Crippen LogP contribution is -2.04. The molecule has 1 saturated carbocycles. The van der Waals surface area contributed by atoms with Crippen LogP contribution in [0, 0.1) is 12.8 Å². The highest BCUT2D eigenvalue weighted by molar-refractivity contribution is 5.81. The molecule has 1 aliphatic carbocycles. The van der Waals surface area contributed by atoms with Crippen LogP contribution in [0.15, 0.2) is 71.3 Å². The highest BCUT2D eigenvalue weighted by Crippen LogP contribution is 2.25. The number of hydrogen-bond acceptors (Lipinski definition) is 2. The van der Waals surface area contributed by atoms with Crippen LogP contribution in [0.2, 0.25) is 0 Å². The van der Waals surface area contributed by atoms with Crippen LogP contribution in [-0.4, -0.2) is 12.6 Å². The van der Waals surface area contributed by atoms with Crippen molar-refractivity contribution in [2.45, 2.75) is 72.1 Å². The number of allylic oxidation sites excluding steroid dienone is 2. The molecule has 0 saturated heterocycles. The third-order valence-electron chi connectivity index (χ3n) is 6.07. The summed E-state index contributed by atoms with van der Waals surface area (Å²) < 4.78 is 0. The predicted octanol–water partition coefficient (Wildman–Crippen LogP) is 7.99. The fourth-order valence-corrected chi connectivity index (χ4v) is 4.16. The third-order valence-corrected chi connectivity index (χ3v) is 6.07. The molecular weight excluding hydrogens is 402 g/mol. The fourth-order valence-electron chi connectivity index (χ4n) is 4.16. The molecule has 3 nitrogen and oxygen atoms in total. The average molecular weight is 444 g/mol. The molecule has 1 fully saturated rings. The van der Waals surface area contributed by atoms with Gasteiger partial charge in [0.25, 0.3) is 0 Å². The predicted molar refractivity (Wildman–Crippen MR) is 147 cm³/mol. The third kappa shape index (κ3) is 9.61. The van der Waals surface area contributed by atoms with E-state index in [4.69, 9.17) is 5.73 Å². The number of amidine groups is 1. The first-order valence-electron chi connectivity index (χ1n) is 12.2. The molecule has 176 valence electrons. The first kappa shape index (κ1) is 26.3. The summed E-state index contributed by atoms with van der Waals surface area (Å²) in [6.07, 6.45) is 13.9. The van der Waals surface area contributed by atoms with E-state index in [-0.39, 0.29) is 0 Å². The lowest BCUT2D eigenvalue weighted by atomic mass is 9.91. The molecular formula is C30H41N3. The number of nitrogens with two attached hydrogens (primary N) is 1. The van der Waals surface area contributed by atoms with Gasteiger partial charge < -0.3 is 5.73 Å². The molecule has 1 aliphatic rings. The van der Waals surface area contributed by atoms with Crippen molar-refractivity contribution in [3.8, 4) is 0 Å². The van der Waals surface area contributed by atoms with Gasteiger partial charge in [-0.25, -0.2) is 4.99 Å². The van der Waals surface area contributed by atoms with Crippen LogP contribution in [-0.2, 0) is 12.8 Å². The first-order valence-corrected chi connectivity index (χ1v) is 12.2. The summed E-state index contributed by atoms with van der Waals surface area (Å²) in [6, 6.07) is 14.9. The van der Waals surface area contributed by atoms with E-state index >= 15 is 0 Å². The highest BCUT2D eigenvalue weighted by atomic mass is 14.8. The molecule has 2 aromatic rings. The number of rotatable bonds is 8. The lowest BCUT2D eigenvalue weighted by Gasteiger charge is -2.15. The fraction of sp³-hybridized carbons (Fsp3) is 0.400. The van der Waals surface area contributed by atoms with Crippen molar-refractivity contribution in [2.24, 2.45) is 21.6 Å². The standard InChI is InChI=1S/C23H27N3.C7H14/c1-5-7-19-8-6-9-21(14-19)22(16-25-4)13-12-20-11-10-17(2)23(15-20)26-18(3)24;1-7-5-3-2-4-6-7/h5-6,8-11,14-16H,1,4,7,12-13H2,2-3H3,(H2,24,26);7H,2-6H2,1H3/b22-16+;. The summed E-state index contributed by atoms with van der Waals surface area (Å²) in [4.78, 5) is 8.42. The van der Waals surface area contributed by atoms with Gasteiger partial charge in [0.1, 0.15) is 0 Å². The van der Waals surface area contributed by atoms with Crippen molar-refractivity contribution in [1.82, 2.24) is 0 Å². The van der Waals surface area contributed by atoms with Gasteiger partial charge >= 0.3 is 0 Å². The Morgan fingerprint density at radius 3 is 2.45 bits per heavy atom. The summed E-state index contributed by atoms with van der Waals surface area (Å²) in [5, 5.41) is 0. The maximum atomic E-state index is 5.73. The Hall–Kier alpha value is -2.94. The zero-order valence-corrected chi connectivity index (χ0v) is 20.8. The van der Waals surface area contributed by atoms with Gasteiger partial charge in [-0.1, -0.05) is 81.5 Å². The van der Waals surface area contributed by atoms with Crippen LogP contribution in [0.1, 0.15) is 74.6 Å². The molecule has 0 amide bonds. The molecule has 2 aromatic carbocycles. The molecule has 0 aliphatic heterocycles. The van der Waals surface area contributed by atoms with Crippen molar-refractivity contribution in [1.29, 1.82) is 0 Å². The van der Waals surface area contributed by atoms with Gasteiger partial charge in [0, 0.05) is 6.20 Å². The van der Waals surface area contributed by atoms with Crippen molar-refractivity contribution in [3.05, 3.63) is 83.6 Å². The number of aryl methyl sites for hydroxylation is 2. The van der Waals surface area contributed by atoms with Crippen LogP contribution < -0.4 is 5.73 Å². The van der Waals surface area contributed by atoms with E-state index in [2.05, 4.69) is 72.7 Å². The molecule has 0 unspecified atom stereocenters. The van der Waals surface area contributed by atoms with Gasteiger partial charge in [-0.3, -0.25) is 4.99 Å². The zero-order valence-electron chi connectivity index (χ0n) is 20.8. The minimum absolute atomic E-state index is 0.570. The van der Waals surface area contributed by atoms with E-state index in [1.54, 1.807) is 6.92 Å². The normalized spacial score (nSPS) is 14.9. The maximum Gasteiger partial charge on any atom is 0.0965 e. The number of benzene rings is 2. The Kier molecular flexibility index (Phi) is 11.4. The molecule has 0 bridgehead atoms. The lowest BCUT2D eigenvalue weighted by molar-refractivity contribution is 0.385. The van der Waals surface area contributed by atoms with E-state index in [0.717, 1.165) is 36.4 Å². The Morgan fingerprint density at radius 2 is 1.85 bits per heavy atom. The molecule has 2 N–H and O–H groups in total. The van der Waals surface area contributed by atoms with E-state index in [9.17, 15) is 0 Å². The number of hydrogen-bond donors (Lipinski definition) is 1. The van der Waals surface area contributed by atoms with Crippen molar-refractivity contribution >= 4 is 23.8 Å². The summed E-state index contributed by atoms with van der Waals surface area (Å²) in [6.45, 7) is 13.6. The largest absolute Gasteiger partial charge is 0.387 e. The van der Waals surface area contributed by atoms with Crippen molar-refractivity contribution in [3.63, 3.8) is 0 Å². The van der Waals surface area contributed by atoms with Crippen molar-refractivity contribution < 1.29 is 0 Å². The monoisotopic (exact) mass is 443 g/mol. The second-order valence-electron chi connectivity index (χ2n) is 9.15. The average Bonchev–Trinajstić information content (AvgIpc) is 2.80. The molecule has 0 atom stereocenters. The molecule has 33 heavy (non-hydrogen) atoms. The van der Waals surface area contributed by atoms with Gasteiger partial charge in [0.05, 0.1) is 11.5 Å². The second-order valence-corrected chi connectivity index (χ2v) is 9.15. The summed E-state index contributed by atoms with van der Waals surface area (Å²) in [5.74, 6) is 1.61. The first-order chi connectivity index (χ1) is 15.9. The van der Waals surface area contributed by atoms with E-state index < -0.39 is 0 Å². The van der Waals surface area contributed by atoms with E-state index in [0.29, 0.717) is 5.84 Å². The number of aliphatic imine (C=N–C) groups is 2. The Bertz CT molecular complexity index is 958. The molecule has 0 radical (unpaired) electrons. The van der Waals surface area contributed by atoms with Gasteiger partial charge in [-0.15, -0.1) is 6.58 Å². The molecule has 0 spiro atoms. The Morgan fingerprint density at radius 1 is 1.09 bits per heavy atom. The second kappa shape index (κ2) is 14.3. The SMILES string of the molecule is C=CCc1cccc(/C(=C/N=C)CCc2ccc(C)c(N=C(C)N)c2)c1.CC1CCCCC1. The van der Waals surface area contributed by atoms with Crippen LogP contribution in [0.4, 0.5) is 5.69 Å². The van der Waals surface area contributed by atoms with Gasteiger partial charge in [-0.05, 0) is 79.6 Å². The van der Waals surface area contributed by atoms with Gasteiger partial charge in [0.15, 0.2) is 0 Å². The number of nitrogens with zero attached hydrogens (tertiary/aromatic N) is 2. The van der Waals surface area contributed by atoms with E-state index in [1.165, 1.54) is 54.4 Å². The molecule has 0 aromatic heterocycles. The quantitative estimate of drug-likeness (QED) is 0.251. The van der Waals surface area contributed by atoms with Gasteiger partial charge in [0.2, 0.25) is 0 Å². The zero-order chi connectivity index (χ0) is 24.1. The van der Waals surface area contributed by atoms with Crippen LogP contribution in [0.25, 0.3) is 5.57 Å². The molecule has 3 rings (SSSR count). The van der Waals surface area contributed by atoms with E-state index in [1.807, 2.05) is 19.2 Å². The van der Waals surface area contributed by atoms with Crippen LogP contribution in [0.5, 0.6) is 0 Å². The summed E-state index contributed by atoms with van der Waals surface area (Å²) in [7, 11) is 0. The highest BCUT2D eigenvalue weighted by Gasteiger charge is 2.07. The summed E-state index contributed by atoms with van der Waals surface area (Å²) in [5.41, 5.74) is 12.6. The maximum absolute atomic E-state index is 5.73. The van der Waals surface area contributed by atoms with Crippen molar-refractivity contribution in [2.75, 3.05) is 0 Å². The topological polar surface area (TPSA) is 50.7 Å². The van der Waals surface area contributed by atoms with Crippen LogP contribution in [0.3, 0.4) is 0 Å². The Balaban J connectivity index is 0.000000468. The summed E-state index contributed by atoms with van der Waals surface area (Å²) >= 11 is 0.